The van der Waals surface area contributed by atoms with E-state index in [-0.39, 0.29) is 37.9 Å². The van der Waals surface area contributed by atoms with Gasteiger partial charge < -0.3 is 56.9 Å². The van der Waals surface area contributed by atoms with E-state index in [0.717, 1.165) is 4.90 Å². The van der Waals surface area contributed by atoms with Gasteiger partial charge >= 0.3 is 11.9 Å². The van der Waals surface area contributed by atoms with E-state index in [0.29, 0.717) is 17.5 Å². The molecule has 2 saturated heterocycles. The van der Waals surface area contributed by atoms with Crippen molar-refractivity contribution in [3.8, 4) is 5.75 Å². The van der Waals surface area contributed by atoms with Crippen molar-refractivity contribution in [1.82, 2.24) is 31.1 Å². The third-order valence-electron chi connectivity index (χ3n) is 11.6. The Labute approximate surface area is 366 Å². The van der Waals surface area contributed by atoms with Crippen LogP contribution in [0.3, 0.4) is 0 Å². The fourth-order valence-electron chi connectivity index (χ4n) is 7.60. The highest BCUT2D eigenvalue weighted by Crippen LogP contribution is 2.27. The number of benzene rings is 2. The van der Waals surface area contributed by atoms with Crippen molar-refractivity contribution in [1.29, 1.82) is 0 Å². The molecule has 2 aromatic rings. The molecule has 2 aromatic carbocycles. The van der Waals surface area contributed by atoms with Crippen molar-refractivity contribution in [2.75, 3.05) is 7.05 Å². The average Bonchev–Trinajstić information content (AvgIpc) is 3.24. The van der Waals surface area contributed by atoms with Gasteiger partial charge in [0, 0.05) is 26.3 Å². The van der Waals surface area contributed by atoms with Crippen molar-refractivity contribution in [3.63, 3.8) is 0 Å². The summed E-state index contributed by atoms with van der Waals surface area (Å²) < 4.78 is 5.84. The standard InChI is InChI=1S/C44H61N7O12/c1-7-24(4)35-44(62)63-25(5)36(48-33(53)19-17-29(45)43(60)61)40(57)47-31(21-27-13-15-28(52)16-14-27)38(55)46-30-18-20-34(54)51(41(30)58)37(23(2)3)42(59)50(6)32(39(56)49-35)22-26-11-9-8-10-12-26/h8-16,23-25,29-32,34-37,52,54H,7,17-22,45H2,1-6H3,(H,46,55)(H,47,57)(H,48,53)(H,49,56)(H,60,61)/t24-,25+,29?,30-,31-,32-,34+,35-,36-,37-/m0/s1. The number of aliphatic hydroxyl groups is 1. The van der Waals surface area contributed by atoms with E-state index in [9.17, 15) is 53.7 Å². The highest BCUT2D eigenvalue weighted by Gasteiger charge is 2.46. The maximum absolute atomic E-state index is 14.7. The van der Waals surface area contributed by atoms with Crippen molar-refractivity contribution in [2.24, 2.45) is 17.6 Å². The topological polar surface area (TPSA) is 287 Å². The molecule has 19 nitrogen and oxygen atoms in total. The lowest BCUT2D eigenvalue weighted by molar-refractivity contribution is -0.167. The molecule has 2 heterocycles. The molecule has 2 aliphatic rings. The fourth-order valence-corrected chi connectivity index (χ4v) is 7.60. The maximum Gasteiger partial charge on any atom is 0.329 e. The van der Waals surface area contributed by atoms with E-state index >= 15 is 0 Å². The van der Waals surface area contributed by atoms with Crippen molar-refractivity contribution < 1.29 is 58.4 Å². The lowest BCUT2D eigenvalue weighted by atomic mass is 9.93. The molecule has 2 fully saturated rings. The fraction of sp³-hybridized carbons (Fsp3) is 0.545. The zero-order valence-corrected chi connectivity index (χ0v) is 36.5. The first kappa shape index (κ1) is 49.6. The number of rotatable bonds is 12. The molecular formula is C44H61N7O12. The lowest BCUT2D eigenvalue weighted by Gasteiger charge is -2.44. The Balaban J connectivity index is 1.86. The normalized spacial score (nSPS) is 26.6. The van der Waals surface area contributed by atoms with Crippen LogP contribution in [-0.4, -0.2) is 134 Å². The number of carbonyl (C=O) groups excluding carboxylic acids is 7. The first-order chi connectivity index (χ1) is 29.7. The summed E-state index contributed by atoms with van der Waals surface area (Å²) >= 11 is 0. The largest absolute Gasteiger partial charge is 0.508 e. The number of amides is 6. The van der Waals surface area contributed by atoms with Gasteiger partial charge in [-0.1, -0.05) is 76.6 Å². The zero-order chi connectivity index (χ0) is 46.7. The van der Waals surface area contributed by atoms with Crippen LogP contribution in [0.2, 0.25) is 0 Å². The van der Waals surface area contributed by atoms with Crippen LogP contribution in [0, 0.1) is 11.8 Å². The molecule has 0 radical (unpaired) electrons. The Bertz CT molecular complexity index is 1970. The van der Waals surface area contributed by atoms with Crippen LogP contribution >= 0.6 is 0 Å². The summed E-state index contributed by atoms with van der Waals surface area (Å²) in [6, 6.07) is 4.81. The third-order valence-corrected chi connectivity index (χ3v) is 11.6. The monoisotopic (exact) mass is 879 g/mol. The number of hydrogen-bond donors (Lipinski definition) is 8. The van der Waals surface area contributed by atoms with E-state index in [1.807, 2.05) is 0 Å². The summed E-state index contributed by atoms with van der Waals surface area (Å²) in [6.45, 7) is 8.13. The number of carboxylic acid groups (broad SMARTS) is 1. The number of ether oxygens (including phenoxy) is 1. The number of carbonyl (C=O) groups is 8. The Morgan fingerprint density at radius 3 is 2.11 bits per heavy atom. The second-order valence-electron chi connectivity index (χ2n) is 16.7. The third kappa shape index (κ3) is 13.0. The zero-order valence-electron chi connectivity index (χ0n) is 36.5. The number of nitrogens with zero attached hydrogens (tertiary/aromatic N) is 2. The van der Waals surface area contributed by atoms with Crippen molar-refractivity contribution in [3.05, 3.63) is 65.7 Å². The second-order valence-corrected chi connectivity index (χ2v) is 16.7. The molecule has 19 heteroatoms. The number of esters is 1. The number of aliphatic hydroxyl groups excluding tert-OH is 1. The number of nitrogens with one attached hydrogen (secondary N) is 4. The molecule has 0 spiro atoms. The number of phenolic OH excluding ortho intramolecular Hbond substituents is 1. The van der Waals surface area contributed by atoms with Gasteiger partial charge in [0.1, 0.15) is 60.4 Å². The number of hydrogen-bond acceptors (Lipinski definition) is 12. The van der Waals surface area contributed by atoms with E-state index in [1.165, 1.54) is 43.1 Å². The summed E-state index contributed by atoms with van der Waals surface area (Å²) in [4.78, 5) is 113. The molecule has 6 amide bonds. The van der Waals surface area contributed by atoms with E-state index in [4.69, 9.17) is 10.5 Å². The van der Waals surface area contributed by atoms with Crippen LogP contribution in [0.25, 0.3) is 0 Å². The van der Waals surface area contributed by atoms with Gasteiger partial charge in [0.25, 0.3) is 0 Å². The van der Waals surface area contributed by atoms with Gasteiger partial charge in [-0.05, 0) is 61.3 Å². The van der Waals surface area contributed by atoms with Crippen LogP contribution in [0.15, 0.2) is 54.6 Å². The average molecular weight is 880 g/mol. The van der Waals surface area contributed by atoms with Crippen molar-refractivity contribution >= 4 is 47.4 Å². The van der Waals surface area contributed by atoms with E-state index in [2.05, 4.69) is 21.3 Å². The minimum atomic E-state index is -1.70. The summed E-state index contributed by atoms with van der Waals surface area (Å²) in [6.07, 6.45) is -3.62. The number of aromatic hydroxyl groups is 1. The molecular weight excluding hydrogens is 819 g/mol. The number of likely N-dealkylation sites (N-methyl/N-ethyl adjacent to an activating group) is 1. The highest BCUT2D eigenvalue weighted by atomic mass is 16.5. The van der Waals surface area contributed by atoms with Gasteiger partial charge in [0.2, 0.25) is 35.4 Å². The van der Waals surface area contributed by atoms with Gasteiger partial charge in [0.15, 0.2) is 0 Å². The quantitative estimate of drug-likeness (QED) is 0.132. The molecule has 344 valence electrons. The van der Waals surface area contributed by atoms with Gasteiger partial charge in [-0.2, -0.15) is 0 Å². The van der Waals surface area contributed by atoms with Gasteiger partial charge in [-0.15, -0.1) is 0 Å². The Hall–Kier alpha value is -6.08. The maximum atomic E-state index is 14.7. The number of fused-ring (bicyclic) bond motifs is 2. The number of cyclic esters (lactones) is 1. The predicted molar refractivity (Wildman–Crippen MR) is 227 cm³/mol. The van der Waals surface area contributed by atoms with Crippen LogP contribution in [0.1, 0.15) is 77.8 Å². The Morgan fingerprint density at radius 2 is 1.51 bits per heavy atom. The summed E-state index contributed by atoms with van der Waals surface area (Å²) in [5.74, 6) is -8.49. The predicted octanol–water partition coefficient (Wildman–Crippen LogP) is 0.0925. The SMILES string of the molecule is CC[C@H](C)[C@@H]1NC(=O)[C@H](Cc2ccccc2)N(C)C(=O)[C@H](C(C)C)N2C(=O)[C@H](CC[C@H]2O)NC(=O)[C@H](Cc2ccc(O)cc2)NC(=O)[C@@H](NC(=O)CCC(N)C(=O)O)[C@@H](C)OC1=O. The van der Waals surface area contributed by atoms with Crippen LogP contribution < -0.4 is 27.0 Å². The minimum Gasteiger partial charge on any atom is -0.508 e. The molecule has 0 aromatic heterocycles. The number of carboxylic acids is 1. The van der Waals surface area contributed by atoms with Crippen LogP contribution in [0.4, 0.5) is 0 Å². The molecule has 0 aliphatic carbocycles. The molecule has 2 aliphatic heterocycles. The summed E-state index contributed by atoms with van der Waals surface area (Å²) in [7, 11) is 1.40. The molecule has 2 bridgehead atoms. The smallest absolute Gasteiger partial charge is 0.329 e. The summed E-state index contributed by atoms with van der Waals surface area (Å²) in [5.41, 5.74) is 6.74. The van der Waals surface area contributed by atoms with E-state index in [1.54, 1.807) is 58.0 Å². The first-order valence-electron chi connectivity index (χ1n) is 21.2. The molecule has 10 atom stereocenters. The number of piperidine rings is 1. The minimum absolute atomic E-state index is 0.0180. The molecule has 0 saturated carbocycles. The van der Waals surface area contributed by atoms with Crippen LogP contribution in [-0.2, 0) is 55.9 Å². The summed E-state index contributed by atoms with van der Waals surface area (Å²) in [5, 5.41) is 41.0. The van der Waals surface area contributed by atoms with Crippen LogP contribution in [0.5, 0.6) is 5.75 Å². The number of aliphatic carboxylic acids is 1. The molecule has 1 unspecified atom stereocenters. The second kappa shape index (κ2) is 22.3. The molecule has 63 heavy (non-hydrogen) atoms. The lowest BCUT2D eigenvalue weighted by Crippen LogP contribution is -2.66. The first-order valence-corrected chi connectivity index (χ1v) is 21.2. The molecule has 9 N–H and O–H groups in total. The highest BCUT2D eigenvalue weighted by molar-refractivity contribution is 5.98. The van der Waals surface area contributed by atoms with Crippen molar-refractivity contribution in [2.45, 2.75) is 134 Å². The van der Waals surface area contributed by atoms with Gasteiger partial charge in [0.05, 0.1) is 0 Å². The molecule has 4 rings (SSSR count). The van der Waals surface area contributed by atoms with Gasteiger partial charge in [-0.25, -0.2) is 4.79 Å². The Morgan fingerprint density at radius 1 is 0.873 bits per heavy atom. The van der Waals surface area contributed by atoms with Gasteiger partial charge in [-0.3, -0.25) is 33.6 Å². The number of nitrogens with two attached hydrogens (primary N) is 1. The van der Waals surface area contributed by atoms with E-state index < -0.39 is 120 Å². The number of phenols is 1. The Kier molecular flexibility index (Phi) is 17.6.